The van der Waals surface area contributed by atoms with E-state index in [1.165, 1.54) is 0 Å². The largest absolute Gasteiger partial charge is 0.481 e. The van der Waals surface area contributed by atoms with E-state index in [-0.39, 0.29) is 45.1 Å². The molecule has 2 amide bonds. The van der Waals surface area contributed by atoms with Crippen LogP contribution < -0.4 is 10.6 Å². The number of nitrogens with one attached hydrogen (secondary N) is 2. The number of hydrogen-bond donors (Lipinski definition) is 8. The van der Waals surface area contributed by atoms with Crippen molar-refractivity contribution in [2.45, 2.75) is 69.9 Å². The van der Waals surface area contributed by atoms with E-state index in [9.17, 15) is 53.7 Å². The lowest BCUT2D eigenvalue weighted by molar-refractivity contribution is -0.144. The molecule has 8 N–H and O–H groups in total. The van der Waals surface area contributed by atoms with Gasteiger partial charge in [-0.05, 0) is 44.6 Å². The standard InChI is InChI=1S/C23H35N3O14/c27-16(24-14(22(37)38)4-6-19(31)32)10-13(2-1-3-18(29)30)8-9-26(12-21(35)36)11-17(28)25-15(23(39)40)5-7-20(33)34/h13-15H,1-12H2,(H,24,27)(H,25,28)(H,29,30)(H,31,32)(H,33,34)(H,35,36)(H,37,38)(H,39,40). The van der Waals surface area contributed by atoms with E-state index in [4.69, 9.17) is 15.3 Å². The Hall–Kier alpha value is -4.28. The molecule has 0 heterocycles. The van der Waals surface area contributed by atoms with Gasteiger partial charge in [0.25, 0.3) is 0 Å². The number of amides is 2. The number of hydrogen-bond acceptors (Lipinski definition) is 9. The van der Waals surface area contributed by atoms with Crippen molar-refractivity contribution < 1.29 is 69.0 Å². The molecule has 3 atom stereocenters. The molecule has 0 saturated heterocycles. The first-order valence-corrected chi connectivity index (χ1v) is 12.2. The molecular formula is C23H35N3O14. The Morgan fingerprint density at radius 2 is 1.02 bits per heavy atom. The topological polar surface area (TPSA) is 285 Å². The third kappa shape index (κ3) is 18.1. The maximum Gasteiger partial charge on any atom is 0.326 e. The molecule has 0 aliphatic heterocycles. The second kappa shape index (κ2) is 18.9. The van der Waals surface area contributed by atoms with Crippen LogP contribution in [-0.4, -0.2) is 115 Å². The summed E-state index contributed by atoms with van der Waals surface area (Å²) < 4.78 is 0. The van der Waals surface area contributed by atoms with Crippen LogP contribution >= 0.6 is 0 Å². The van der Waals surface area contributed by atoms with Crippen molar-refractivity contribution in [2.24, 2.45) is 5.92 Å². The number of carbonyl (C=O) groups excluding carboxylic acids is 2. The average Bonchev–Trinajstić information content (AvgIpc) is 2.81. The Morgan fingerprint density at radius 1 is 0.550 bits per heavy atom. The molecule has 0 aromatic rings. The monoisotopic (exact) mass is 577 g/mol. The molecule has 226 valence electrons. The number of rotatable bonds is 23. The van der Waals surface area contributed by atoms with Gasteiger partial charge in [0.1, 0.15) is 12.1 Å². The molecule has 0 bridgehead atoms. The Balaban J connectivity index is 5.37. The molecule has 0 aliphatic rings. The van der Waals surface area contributed by atoms with Crippen molar-refractivity contribution in [1.82, 2.24) is 15.5 Å². The average molecular weight is 578 g/mol. The zero-order valence-electron chi connectivity index (χ0n) is 21.6. The smallest absolute Gasteiger partial charge is 0.326 e. The molecule has 0 aromatic carbocycles. The molecule has 0 saturated carbocycles. The highest BCUT2D eigenvalue weighted by Crippen LogP contribution is 2.18. The molecule has 0 aromatic heterocycles. The Kier molecular flexibility index (Phi) is 16.9. The fourth-order valence-corrected chi connectivity index (χ4v) is 3.67. The van der Waals surface area contributed by atoms with Gasteiger partial charge in [0.05, 0.1) is 13.1 Å². The zero-order chi connectivity index (χ0) is 30.8. The predicted octanol–water partition coefficient (Wildman–Crippen LogP) is -1.11. The Morgan fingerprint density at radius 3 is 1.45 bits per heavy atom. The van der Waals surface area contributed by atoms with Gasteiger partial charge in [0.2, 0.25) is 11.8 Å². The summed E-state index contributed by atoms with van der Waals surface area (Å²) in [5, 5.41) is 58.4. The van der Waals surface area contributed by atoms with E-state index in [0.29, 0.717) is 0 Å². The maximum absolute atomic E-state index is 12.5. The maximum atomic E-state index is 12.5. The van der Waals surface area contributed by atoms with Gasteiger partial charge >= 0.3 is 35.8 Å². The summed E-state index contributed by atoms with van der Waals surface area (Å²) >= 11 is 0. The highest BCUT2D eigenvalue weighted by molar-refractivity contribution is 5.85. The second-order valence-corrected chi connectivity index (χ2v) is 9.03. The van der Waals surface area contributed by atoms with Crippen LogP contribution in [0, 0.1) is 5.92 Å². The van der Waals surface area contributed by atoms with Crippen molar-refractivity contribution in [1.29, 1.82) is 0 Å². The van der Waals surface area contributed by atoms with E-state index >= 15 is 0 Å². The molecule has 0 rings (SSSR count). The third-order valence-corrected chi connectivity index (χ3v) is 5.62. The zero-order valence-corrected chi connectivity index (χ0v) is 21.6. The molecule has 3 unspecified atom stereocenters. The summed E-state index contributed by atoms with van der Waals surface area (Å²) in [6, 6.07) is -3.00. The lowest BCUT2D eigenvalue weighted by atomic mass is 9.93. The minimum Gasteiger partial charge on any atom is -0.481 e. The number of nitrogens with zero attached hydrogens (tertiary/aromatic N) is 1. The minimum absolute atomic E-state index is 0.0713. The molecule has 40 heavy (non-hydrogen) atoms. The Bertz CT molecular complexity index is 938. The Labute approximate surface area is 228 Å². The van der Waals surface area contributed by atoms with Crippen LogP contribution in [0.3, 0.4) is 0 Å². The van der Waals surface area contributed by atoms with Crippen molar-refractivity contribution in [2.75, 3.05) is 19.6 Å². The first-order valence-electron chi connectivity index (χ1n) is 12.2. The lowest BCUT2D eigenvalue weighted by Crippen LogP contribution is -2.47. The van der Waals surface area contributed by atoms with E-state index < -0.39 is 98.0 Å². The van der Waals surface area contributed by atoms with Crippen LogP contribution in [0.5, 0.6) is 0 Å². The fraction of sp³-hybridized carbons (Fsp3) is 0.652. The fourth-order valence-electron chi connectivity index (χ4n) is 3.67. The SMILES string of the molecule is O=C(O)CCCC(CCN(CC(=O)O)CC(=O)NC(CCC(=O)O)C(=O)O)CC(=O)NC(CCC(=O)O)C(=O)O. The minimum atomic E-state index is -1.52. The van der Waals surface area contributed by atoms with Crippen LogP contribution in [-0.2, 0) is 38.4 Å². The summed E-state index contributed by atoms with van der Waals surface area (Å²) in [7, 11) is 0. The van der Waals surface area contributed by atoms with Crippen molar-refractivity contribution in [3.63, 3.8) is 0 Å². The summed E-state index contributed by atoms with van der Waals surface area (Å²) in [6.07, 6.45) is -1.96. The van der Waals surface area contributed by atoms with Gasteiger partial charge in [-0.2, -0.15) is 0 Å². The van der Waals surface area contributed by atoms with Gasteiger partial charge in [-0.25, -0.2) is 9.59 Å². The lowest BCUT2D eigenvalue weighted by Gasteiger charge is -2.24. The quantitative estimate of drug-likeness (QED) is 0.0714. The molecule has 17 nitrogen and oxygen atoms in total. The first-order chi connectivity index (χ1) is 18.6. The summed E-state index contributed by atoms with van der Waals surface area (Å²) in [6.45, 7) is -1.32. The normalized spacial score (nSPS) is 13.0. The van der Waals surface area contributed by atoms with Gasteiger partial charge in [-0.1, -0.05) is 0 Å². The van der Waals surface area contributed by atoms with Crippen molar-refractivity contribution >= 4 is 47.6 Å². The van der Waals surface area contributed by atoms with Crippen LogP contribution in [0.2, 0.25) is 0 Å². The molecule has 17 heteroatoms. The summed E-state index contributed by atoms with van der Waals surface area (Å²) in [5.74, 6) is -10.1. The molecule has 0 radical (unpaired) electrons. The van der Waals surface area contributed by atoms with Crippen molar-refractivity contribution in [3.05, 3.63) is 0 Å². The summed E-state index contributed by atoms with van der Waals surface area (Å²) in [5.41, 5.74) is 0. The van der Waals surface area contributed by atoms with Crippen LogP contribution in [0.4, 0.5) is 0 Å². The van der Waals surface area contributed by atoms with E-state index in [2.05, 4.69) is 10.6 Å². The van der Waals surface area contributed by atoms with Gasteiger partial charge in [-0.3, -0.25) is 33.7 Å². The first kappa shape index (κ1) is 35.7. The van der Waals surface area contributed by atoms with E-state index in [1.54, 1.807) is 0 Å². The molecule has 0 spiro atoms. The number of carbonyl (C=O) groups is 8. The number of carboxylic acid groups (broad SMARTS) is 6. The van der Waals surface area contributed by atoms with Gasteiger partial charge in [-0.15, -0.1) is 0 Å². The van der Waals surface area contributed by atoms with Crippen LogP contribution in [0.15, 0.2) is 0 Å². The van der Waals surface area contributed by atoms with Crippen molar-refractivity contribution in [3.8, 4) is 0 Å². The molecule has 0 aliphatic carbocycles. The number of aliphatic carboxylic acids is 6. The van der Waals surface area contributed by atoms with E-state index in [1.807, 2.05) is 0 Å². The highest BCUT2D eigenvalue weighted by Gasteiger charge is 2.25. The van der Waals surface area contributed by atoms with Crippen LogP contribution in [0.1, 0.15) is 57.8 Å². The number of carboxylic acids is 6. The molecular weight excluding hydrogens is 542 g/mol. The van der Waals surface area contributed by atoms with Gasteiger partial charge in [0, 0.05) is 25.7 Å². The molecule has 0 fully saturated rings. The van der Waals surface area contributed by atoms with Crippen LogP contribution in [0.25, 0.3) is 0 Å². The predicted molar refractivity (Wildman–Crippen MR) is 131 cm³/mol. The van der Waals surface area contributed by atoms with Gasteiger partial charge < -0.3 is 41.3 Å². The third-order valence-electron chi connectivity index (χ3n) is 5.62. The second-order valence-electron chi connectivity index (χ2n) is 9.03. The summed E-state index contributed by atoms with van der Waals surface area (Å²) in [4.78, 5) is 92.3. The van der Waals surface area contributed by atoms with Gasteiger partial charge in [0.15, 0.2) is 0 Å². The highest BCUT2D eigenvalue weighted by atomic mass is 16.4. The van der Waals surface area contributed by atoms with E-state index in [0.717, 1.165) is 4.90 Å².